The fraction of sp³-hybridized carbons (Fsp3) is 0.0800. The monoisotopic (exact) mass is 511 g/mol. The van der Waals surface area contributed by atoms with Crippen molar-refractivity contribution in [1.29, 1.82) is 0 Å². The SMILES string of the molecule is FC(F)(F)c1cccc(Nc2cc(-c3ccccc3)nc(SCc3nc4ccc(Cl)cc4[nH]3)n2)c1. The molecule has 2 aromatic heterocycles. The Morgan fingerprint density at radius 2 is 1.71 bits per heavy atom. The van der Waals surface area contributed by atoms with E-state index in [9.17, 15) is 13.2 Å². The second-order valence-electron chi connectivity index (χ2n) is 7.62. The van der Waals surface area contributed by atoms with Gasteiger partial charge in [-0.05, 0) is 36.4 Å². The lowest BCUT2D eigenvalue weighted by Crippen LogP contribution is -2.05. The Kier molecular flexibility index (Phi) is 6.36. The molecular weight excluding hydrogens is 495 g/mol. The minimum Gasteiger partial charge on any atom is -0.341 e. The Morgan fingerprint density at radius 3 is 2.51 bits per heavy atom. The summed E-state index contributed by atoms with van der Waals surface area (Å²) in [5.41, 5.74) is 2.69. The van der Waals surface area contributed by atoms with Gasteiger partial charge in [-0.3, -0.25) is 0 Å². The molecule has 0 aliphatic heterocycles. The van der Waals surface area contributed by atoms with Crippen LogP contribution in [0.1, 0.15) is 11.4 Å². The van der Waals surface area contributed by atoms with Crippen LogP contribution < -0.4 is 5.32 Å². The van der Waals surface area contributed by atoms with E-state index < -0.39 is 11.7 Å². The van der Waals surface area contributed by atoms with Gasteiger partial charge >= 0.3 is 6.18 Å². The lowest BCUT2D eigenvalue weighted by molar-refractivity contribution is -0.137. The first-order valence-electron chi connectivity index (χ1n) is 10.5. The van der Waals surface area contributed by atoms with Gasteiger partial charge in [-0.2, -0.15) is 13.2 Å². The van der Waals surface area contributed by atoms with Crippen LogP contribution in [-0.4, -0.2) is 19.9 Å². The van der Waals surface area contributed by atoms with Gasteiger partial charge in [0.05, 0.1) is 28.0 Å². The Balaban J connectivity index is 1.44. The van der Waals surface area contributed by atoms with Crippen LogP contribution in [0.3, 0.4) is 0 Å². The lowest BCUT2D eigenvalue weighted by Gasteiger charge is -2.12. The summed E-state index contributed by atoms with van der Waals surface area (Å²) in [4.78, 5) is 17.0. The van der Waals surface area contributed by atoms with Crippen molar-refractivity contribution < 1.29 is 13.2 Å². The number of imidazole rings is 1. The highest BCUT2D eigenvalue weighted by Gasteiger charge is 2.30. The van der Waals surface area contributed by atoms with E-state index in [-0.39, 0.29) is 5.69 Å². The van der Waals surface area contributed by atoms with E-state index in [0.717, 1.165) is 34.6 Å². The number of halogens is 4. The molecule has 0 aliphatic rings. The zero-order valence-electron chi connectivity index (χ0n) is 18.0. The number of anilines is 2. The van der Waals surface area contributed by atoms with Gasteiger partial charge in [0.1, 0.15) is 11.6 Å². The van der Waals surface area contributed by atoms with Crippen molar-refractivity contribution >= 4 is 45.9 Å². The number of nitrogens with one attached hydrogen (secondary N) is 2. The number of rotatable bonds is 6. The van der Waals surface area contributed by atoms with Gasteiger partial charge in [0.2, 0.25) is 0 Å². The summed E-state index contributed by atoms with van der Waals surface area (Å²) < 4.78 is 39.4. The van der Waals surface area contributed by atoms with Crippen molar-refractivity contribution in [3.63, 3.8) is 0 Å². The molecule has 5 nitrogen and oxygen atoms in total. The molecule has 10 heteroatoms. The van der Waals surface area contributed by atoms with E-state index in [0.29, 0.717) is 27.4 Å². The number of aromatic nitrogens is 4. The number of thioether (sulfide) groups is 1. The summed E-state index contributed by atoms with van der Waals surface area (Å²) in [6, 6.07) is 21.6. The third kappa shape index (κ3) is 5.58. The highest BCUT2D eigenvalue weighted by atomic mass is 35.5. The average molecular weight is 512 g/mol. The average Bonchev–Trinajstić information content (AvgIpc) is 3.25. The molecule has 0 atom stereocenters. The second-order valence-corrected chi connectivity index (χ2v) is 9.00. The molecule has 2 heterocycles. The molecule has 5 rings (SSSR count). The van der Waals surface area contributed by atoms with Crippen LogP contribution >= 0.6 is 23.4 Å². The van der Waals surface area contributed by atoms with Crippen LogP contribution in [0.2, 0.25) is 5.02 Å². The van der Waals surface area contributed by atoms with E-state index in [1.807, 2.05) is 42.5 Å². The van der Waals surface area contributed by atoms with Crippen molar-refractivity contribution in [2.45, 2.75) is 17.1 Å². The van der Waals surface area contributed by atoms with Crippen LogP contribution in [0, 0.1) is 0 Å². The van der Waals surface area contributed by atoms with E-state index in [1.165, 1.54) is 17.8 Å². The molecule has 0 amide bonds. The molecule has 0 saturated heterocycles. The van der Waals surface area contributed by atoms with E-state index in [2.05, 4.69) is 25.3 Å². The zero-order chi connectivity index (χ0) is 24.4. The number of hydrogen-bond acceptors (Lipinski definition) is 5. The summed E-state index contributed by atoms with van der Waals surface area (Å²) in [6.07, 6.45) is -4.43. The number of H-pyrrole nitrogens is 1. The molecule has 176 valence electrons. The molecule has 0 bridgehead atoms. The van der Waals surface area contributed by atoms with Crippen molar-refractivity contribution in [3.8, 4) is 11.3 Å². The summed E-state index contributed by atoms with van der Waals surface area (Å²) in [5.74, 6) is 1.58. The molecule has 2 N–H and O–H groups in total. The zero-order valence-corrected chi connectivity index (χ0v) is 19.5. The predicted molar refractivity (Wildman–Crippen MR) is 133 cm³/mol. The van der Waals surface area contributed by atoms with Gasteiger partial charge in [-0.15, -0.1) is 0 Å². The van der Waals surface area contributed by atoms with Gasteiger partial charge < -0.3 is 10.3 Å². The lowest BCUT2D eigenvalue weighted by atomic mass is 10.1. The van der Waals surface area contributed by atoms with Crippen LogP contribution in [-0.2, 0) is 11.9 Å². The third-order valence-electron chi connectivity index (χ3n) is 5.07. The van der Waals surface area contributed by atoms with Gasteiger partial charge in [-0.1, -0.05) is 59.8 Å². The summed E-state index contributed by atoms with van der Waals surface area (Å²) in [5, 5.41) is 4.06. The van der Waals surface area contributed by atoms with Gasteiger partial charge in [0.15, 0.2) is 5.16 Å². The third-order valence-corrected chi connectivity index (χ3v) is 6.16. The fourth-order valence-electron chi connectivity index (χ4n) is 3.47. The minimum atomic E-state index is -4.43. The molecule has 0 aliphatic carbocycles. The fourth-order valence-corrected chi connectivity index (χ4v) is 4.37. The maximum absolute atomic E-state index is 13.1. The smallest absolute Gasteiger partial charge is 0.341 e. The molecule has 0 radical (unpaired) electrons. The number of alkyl halides is 3. The predicted octanol–water partition coefficient (Wildman–Crippen LogP) is 7.73. The summed E-state index contributed by atoms with van der Waals surface area (Å²) in [7, 11) is 0. The minimum absolute atomic E-state index is 0.280. The first-order chi connectivity index (χ1) is 16.8. The molecule has 5 aromatic rings. The quantitative estimate of drug-likeness (QED) is 0.180. The normalized spacial score (nSPS) is 11.7. The van der Waals surface area contributed by atoms with E-state index in [4.69, 9.17) is 11.6 Å². The first-order valence-corrected chi connectivity index (χ1v) is 11.9. The summed E-state index contributed by atoms with van der Waals surface area (Å²) in [6.45, 7) is 0. The molecule has 0 unspecified atom stereocenters. The molecule has 0 fully saturated rings. The highest BCUT2D eigenvalue weighted by Crippen LogP contribution is 2.32. The van der Waals surface area contributed by atoms with Crippen molar-refractivity contribution in [2.24, 2.45) is 0 Å². The number of fused-ring (bicyclic) bond motifs is 1. The van der Waals surface area contributed by atoms with Gasteiger partial charge in [0, 0.05) is 22.3 Å². The standard InChI is InChI=1S/C25H17ClF3N5S/c26-17-9-10-19-21(12-17)32-23(31-19)14-35-24-33-20(15-5-2-1-3-6-15)13-22(34-24)30-18-8-4-7-16(11-18)25(27,28)29/h1-13H,14H2,(H,31,32)(H,30,33,34). The maximum Gasteiger partial charge on any atom is 0.416 e. The van der Waals surface area contributed by atoms with Crippen LogP contribution in [0.4, 0.5) is 24.7 Å². The van der Waals surface area contributed by atoms with Gasteiger partial charge in [-0.25, -0.2) is 15.0 Å². The Labute approximate surface area is 207 Å². The van der Waals surface area contributed by atoms with Crippen LogP contribution in [0.25, 0.3) is 22.3 Å². The molecular formula is C25H17ClF3N5S. The molecule has 35 heavy (non-hydrogen) atoms. The van der Waals surface area contributed by atoms with Gasteiger partial charge in [0.25, 0.3) is 0 Å². The highest BCUT2D eigenvalue weighted by molar-refractivity contribution is 7.98. The topological polar surface area (TPSA) is 66.5 Å². The first kappa shape index (κ1) is 23.2. The van der Waals surface area contributed by atoms with Crippen molar-refractivity contribution in [3.05, 3.63) is 95.3 Å². The van der Waals surface area contributed by atoms with Crippen molar-refractivity contribution in [2.75, 3.05) is 5.32 Å². The molecule has 0 saturated carbocycles. The van der Waals surface area contributed by atoms with E-state index in [1.54, 1.807) is 18.2 Å². The Hall–Kier alpha value is -3.56. The number of hydrogen-bond donors (Lipinski definition) is 2. The molecule has 3 aromatic carbocycles. The second kappa shape index (κ2) is 9.59. The Bertz CT molecular complexity index is 1490. The van der Waals surface area contributed by atoms with Crippen LogP contribution in [0.15, 0.2) is 84.0 Å². The number of aromatic amines is 1. The van der Waals surface area contributed by atoms with Crippen molar-refractivity contribution in [1.82, 2.24) is 19.9 Å². The molecule has 0 spiro atoms. The summed E-state index contributed by atoms with van der Waals surface area (Å²) >= 11 is 7.42. The van der Waals surface area contributed by atoms with E-state index >= 15 is 0 Å². The number of benzene rings is 3. The number of nitrogens with zero attached hydrogens (tertiary/aromatic N) is 3. The largest absolute Gasteiger partial charge is 0.416 e. The maximum atomic E-state index is 13.1. The van der Waals surface area contributed by atoms with Crippen LogP contribution in [0.5, 0.6) is 0 Å². The Morgan fingerprint density at radius 1 is 0.886 bits per heavy atom.